The van der Waals surface area contributed by atoms with Gasteiger partial charge in [0.1, 0.15) is 0 Å². The lowest BCUT2D eigenvalue weighted by Gasteiger charge is -2.11. The molecule has 5 aromatic rings. The Morgan fingerprint density at radius 3 is 2.17 bits per heavy atom. The van der Waals surface area contributed by atoms with Gasteiger partial charge >= 0.3 is 11.9 Å². The van der Waals surface area contributed by atoms with Gasteiger partial charge in [0.15, 0.2) is 5.65 Å². The van der Waals surface area contributed by atoms with Gasteiger partial charge < -0.3 is 0 Å². The second-order valence-corrected chi connectivity index (χ2v) is 8.44. The van der Waals surface area contributed by atoms with Crippen LogP contribution >= 0.6 is 11.6 Å². The summed E-state index contributed by atoms with van der Waals surface area (Å²) in [5, 5.41) is 18.5. The van der Waals surface area contributed by atoms with Gasteiger partial charge in [-0.25, -0.2) is 9.48 Å². The fourth-order valence-corrected chi connectivity index (χ4v) is 4.01. The third-order valence-corrected chi connectivity index (χ3v) is 5.94. The summed E-state index contributed by atoms with van der Waals surface area (Å²) >= 11 is 6.08. The van der Waals surface area contributed by atoms with E-state index in [1.54, 1.807) is 54.7 Å². The Bertz CT molecular complexity index is 1660. The maximum absolute atomic E-state index is 13.1. The van der Waals surface area contributed by atoms with Crippen LogP contribution in [0.15, 0.2) is 83.8 Å². The average molecular weight is 506 g/mol. The number of fused-ring (bicyclic) bond motifs is 1. The second-order valence-electron chi connectivity index (χ2n) is 8.00. The van der Waals surface area contributed by atoms with E-state index < -0.39 is 17.4 Å². The lowest BCUT2D eigenvalue weighted by molar-refractivity contribution is -0.137. The van der Waals surface area contributed by atoms with Crippen LogP contribution in [0.3, 0.4) is 0 Å². The Hall–Kier alpha value is -4.42. The van der Waals surface area contributed by atoms with Crippen LogP contribution in [0.1, 0.15) is 16.7 Å². The first-order chi connectivity index (χ1) is 17.2. The minimum Gasteiger partial charge on any atom is -0.244 e. The molecule has 36 heavy (non-hydrogen) atoms. The van der Waals surface area contributed by atoms with Gasteiger partial charge in [0.2, 0.25) is 0 Å². The number of hydrogen-bond acceptors (Lipinski definition) is 4. The van der Waals surface area contributed by atoms with Crippen LogP contribution in [0.2, 0.25) is 5.02 Å². The Morgan fingerprint density at radius 1 is 0.917 bits per heavy atom. The molecular weight excluding hydrogens is 491 g/mol. The molecule has 0 radical (unpaired) electrons. The molecule has 10 heteroatoms. The molecule has 6 nitrogen and oxygen atoms in total. The minimum atomic E-state index is -4.45. The summed E-state index contributed by atoms with van der Waals surface area (Å²) in [5.74, 6) is 0. The van der Waals surface area contributed by atoms with Crippen LogP contribution in [0.4, 0.5) is 13.2 Å². The van der Waals surface area contributed by atoms with Crippen molar-refractivity contribution in [3.05, 3.63) is 111 Å². The van der Waals surface area contributed by atoms with Gasteiger partial charge in [-0.1, -0.05) is 48.0 Å². The average Bonchev–Trinajstić information content (AvgIpc) is 3.19. The molecule has 0 saturated carbocycles. The molecule has 0 N–H and O–H groups in total. The summed E-state index contributed by atoms with van der Waals surface area (Å²) in [5.41, 5.74) is 2.74. The van der Waals surface area contributed by atoms with E-state index in [1.807, 2.05) is 0 Å². The highest BCUT2D eigenvalue weighted by atomic mass is 35.5. The summed E-state index contributed by atoms with van der Waals surface area (Å²) < 4.78 is 41.0. The van der Waals surface area contributed by atoms with Crippen LogP contribution in [-0.2, 0) is 12.7 Å². The number of halogens is 4. The third-order valence-electron chi connectivity index (χ3n) is 5.68. The number of rotatable bonds is 4. The molecule has 0 fully saturated rings. The van der Waals surface area contributed by atoms with Crippen LogP contribution in [0.5, 0.6) is 0 Å². The molecule has 0 saturated heterocycles. The Morgan fingerprint density at radius 2 is 1.56 bits per heavy atom. The molecule has 0 amide bonds. The van der Waals surface area contributed by atoms with Gasteiger partial charge in [0, 0.05) is 16.1 Å². The quantitative estimate of drug-likeness (QED) is 0.308. The number of benzene rings is 3. The number of nitrogens with zero attached hydrogens (tertiary/aromatic N) is 5. The predicted molar refractivity (Wildman–Crippen MR) is 128 cm³/mol. The van der Waals surface area contributed by atoms with Gasteiger partial charge in [-0.05, 0) is 53.1 Å². The van der Waals surface area contributed by atoms with Crippen molar-refractivity contribution >= 4 is 17.2 Å². The van der Waals surface area contributed by atoms with Crippen molar-refractivity contribution in [2.24, 2.45) is 0 Å². The standard InChI is InChI=1S/C26H15ClF3N5O/c27-21-11-7-19(8-12-21)23-22(18-5-1-16(13-31)2-6-18)14-32-35-24(23)33-34(25(35)36)15-17-3-9-20(10-4-17)26(28,29)30/h1-12,14H,15H2. The van der Waals surface area contributed by atoms with E-state index in [9.17, 15) is 18.0 Å². The van der Waals surface area contributed by atoms with Gasteiger partial charge in [-0.15, -0.1) is 5.10 Å². The van der Waals surface area contributed by atoms with Crippen molar-refractivity contribution in [1.29, 1.82) is 5.26 Å². The number of alkyl halides is 3. The molecular formula is C26H15ClF3N5O. The van der Waals surface area contributed by atoms with E-state index in [4.69, 9.17) is 16.9 Å². The zero-order valence-electron chi connectivity index (χ0n) is 18.4. The highest BCUT2D eigenvalue weighted by molar-refractivity contribution is 6.30. The largest absolute Gasteiger partial charge is 0.416 e. The molecule has 2 heterocycles. The van der Waals surface area contributed by atoms with Crippen molar-refractivity contribution in [3.63, 3.8) is 0 Å². The first-order valence-electron chi connectivity index (χ1n) is 10.7. The number of hydrogen-bond donors (Lipinski definition) is 0. The number of nitriles is 1. The van der Waals surface area contributed by atoms with E-state index in [0.717, 1.165) is 32.5 Å². The molecule has 0 bridgehead atoms. The Labute approximate surface area is 207 Å². The summed E-state index contributed by atoms with van der Waals surface area (Å²) in [6.07, 6.45) is -2.90. The van der Waals surface area contributed by atoms with E-state index in [2.05, 4.69) is 16.3 Å². The molecule has 3 aromatic carbocycles. The van der Waals surface area contributed by atoms with Crippen LogP contribution in [0.25, 0.3) is 27.9 Å². The molecule has 5 rings (SSSR count). The van der Waals surface area contributed by atoms with Crippen molar-refractivity contribution in [3.8, 4) is 28.3 Å². The minimum absolute atomic E-state index is 0.0351. The monoisotopic (exact) mass is 505 g/mol. The molecule has 0 aliphatic carbocycles. The zero-order chi connectivity index (χ0) is 25.4. The van der Waals surface area contributed by atoms with Crippen molar-refractivity contribution < 1.29 is 13.2 Å². The fourth-order valence-electron chi connectivity index (χ4n) is 3.88. The lowest BCUT2D eigenvalue weighted by Crippen LogP contribution is -2.23. The van der Waals surface area contributed by atoms with Crippen LogP contribution in [0, 0.1) is 11.3 Å². The normalized spacial score (nSPS) is 11.5. The first-order valence-corrected chi connectivity index (χ1v) is 11.0. The topological polar surface area (TPSA) is 76.0 Å². The maximum Gasteiger partial charge on any atom is 0.416 e. The van der Waals surface area contributed by atoms with Crippen molar-refractivity contribution in [1.82, 2.24) is 19.4 Å². The first kappa shape index (κ1) is 23.3. The predicted octanol–water partition coefficient (Wildman–Crippen LogP) is 5.82. The highest BCUT2D eigenvalue weighted by Gasteiger charge is 2.30. The summed E-state index contributed by atoms with van der Waals surface area (Å²) in [6.45, 7) is -0.0351. The van der Waals surface area contributed by atoms with Crippen molar-refractivity contribution in [2.75, 3.05) is 0 Å². The second kappa shape index (κ2) is 8.98. The van der Waals surface area contributed by atoms with Gasteiger partial charge in [-0.2, -0.15) is 28.0 Å². The van der Waals surface area contributed by atoms with Crippen LogP contribution < -0.4 is 5.69 Å². The maximum atomic E-state index is 13.1. The molecule has 0 unspecified atom stereocenters. The molecule has 0 aliphatic rings. The summed E-state index contributed by atoms with van der Waals surface area (Å²) in [4.78, 5) is 13.1. The Balaban J connectivity index is 1.65. The fraction of sp³-hybridized carbons (Fsp3) is 0.0769. The molecule has 0 aliphatic heterocycles. The lowest BCUT2D eigenvalue weighted by atomic mass is 9.96. The third kappa shape index (κ3) is 4.34. The SMILES string of the molecule is N#Cc1ccc(-c2cnn3c(=O)n(Cc4ccc(C(F)(F)F)cc4)nc3c2-c2ccc(Cl)cc2)cc1. The molecule has 2 aromatic heterocycles. The van der Waals surface area contributed by atoms with Gasteiger partial charge in [0.25, 0.3) is 0 Å². The molecule has 0 spiro atoms. The number of aromatic nitrogens is 4. The highest BCUT2D eigenvalue weighted by Crippen LogP contribution is 2.35. The van der Waals surface area contributed by atoms with Crippen LogP contribution in [-0.4, -0.2) is 19.4 Å². The van der Waals surface area contributed by atoms with E-state index in [0.29, 0.717) is 27.3 Å². The van der Waals surface area contributed by atoms with Gasteiger partial charge in [-0.3, -0.25) is 0 Å². The van der Waals surface area contributed by atoms with E-state index in [1.165, 1.54) is 12.1 Å². The molecule has 178 valence electrons. The van der Waals surface area contributed by atoms with E-state index in [-0.39, 0.29) is 12.2 Å². The molecule has 0 atom stereocenters. The summed E-state index contributed by atoms with van der Waals surface area (Å²) in [7, 11) is 0. The Kier molecular flexibility index (Phi) is 5.82. The van der Waals surface area contributed by atoms with Gasteiger partial charge in [0.05, 0.1) is 29.9 Å². The zero-order valence-corrected chi connectivity index (χ0v) is 19.1. The van der Waals surface area contributed by atoms with E-state index >= 15 is 0 Å². The summed E-state index contributed by atoms with van der Waals surface area (Å²) in [6, 6.07) is 20.6. The smallest absolute Gasteiger partial charge is 0.244 e. The van der Waals surface area contributed by atoms with Crippen molar-refractivity contribution in [2.45, 2.75) is 12.7 Å².